The van der Waals surface area contributed by atoms with E-state index in [4.69, 9.17) is 5.73 Å². The van der Waals surface area contributed by atoms with Crippen LogP contribution in [0.2, 0.25) is 0 Å². The highest BCUT2D eigenvalue weighted by Gasteiger charge is 2.19. The van der Waals surface area contributed by atoms with Crippen molar-refractivity contribution in [3.63, 3.8) is 0 Å². The number of carbonyl (C=O) groups is 1. The molecule has 0 saturated heterocycles. The zero-order valence-corrected chi connectivity index (χ0v) is 9.80. The minimum Gasteiger partial charge on any atom is -0.353 e. The lowest BCUT2D eigenvalue weighted by Crippen LogP contribution is -2.38. The summed E-state index contributed by atoms with van der Waals surface area (Å²) >= 11 is 0. The molecule has 3 nitrogen and oxygen atoms in total. The Morgan fingerprint density at radius 3 is 2.47 bits per heavy atom. The van der Waals surface area contributed by atoms with Gasteiger partial charge in [0, 0.05) is 19.0 Å². The van der Waals surface area contributed by atoms with E-state index in [-0.39, 0.29) is 5.91 Å². The highest BCUT2D eigenvalue weighted by Crippen LogP contribution is 2.25. The van der Waals surface area contributed by atoms with Crippen LogP contribution in [0.3, 0.4) is 0 Å². The molecule has 1 amide bonds. The lowest BCUT2D eigenvalue weighted by molar-refractivity contribution is -0.121. The van der Waals surface area contributed by atoms with Crippen LogP contribution in [0.15, 0.2) is 0 Å². The summed E-state index contributed by atoms with van der Waals surface area (Å²) in [5.74, 6) is 0.781. The first-order valence-corrected chi connectivity index (χ1v) is 6.23. The molecule has 0 spiro atoms. The summed E-state index contributed by atoms with van der Waals surface area (Å²) in [6, 6.07) is 0.321. The molecule has 15 heavy (non-hydrogen) atoms. The number of rotatable bonds is 4. The van der Waals surface area contributed by atoms with Crippen molar-refractivity contribution in [1.29, 1.82) is 0 Å². The van der Waals surface area contributed by atoms with Crippen LogP contribution in [0.5, 0.6) is 0 Å². The maximum atomic E-state index is 11.4. The van der Waals surface area contributed by atoms with Crippen molar-refractivity contribution in [3.05, 3.63) is 0 Å². The minimum atomic E-state index is 0.106. The van der Waals surface area contributed by atoms with Gasteiger partial charge in [0.2, 0.25) is 5.91 Å². The van der Waals surface area contributed by atoms with E-state index in [0.29, 0.717) is 24.9 Å². The van der Waals surface area contributed by atoms with Crippen molar-refractivity contribution in [1.82, 2.24) is 5.32 Å². The van der Waals surface area contributed by atoms with Crippen molar-refractivity contribution in [2.24, 2.45) is 11.7 Å². The molecule has 1 atom stereocenters. The molecule has 0 aromatic heterocycles. The van der Waals surface area contributed by atoms with Gasteiger partial charge in [0.05, 0.1) is 0 Å². The van der Waals surface area contributed by atoms with Gasteiger partial charge in [0.1, 0.15) is 0 Å². The smallest absolute Gasteiger partial charge is 0.221 e. The monoisotopic (exact) mass is 212 g/mol. The molecule has 3 heteroatoms. The van der Waals surface area contributed by atoms with Crippen LogP contribution < -0.4 is 11.1 Å². The van der Waals surface area contributed by atoms with Gasteiger partial charge in [0.25, 0.3) is 0 Å². The predicted molar refractivity (Wildman–Crippen MR) is 62.5 cm³/mol. The Bertz CT molecular complexity index is 186. The number of carbonyl (C=O) groups excluding carboxylic acids is 1. The Hall–Kier alpha value is -0.570. The number of hydrogen-bond donors (Lipinski definition) is 2. The molecule has 0 radical (unpaired) electrons. The zero-order chi connectivity index (χ0) is 11.1. The quantitative estimate of drug-likeness (QED) is 0.698. The summed E-state index contributed by atoms with van der Waals surface area (Å²) in [5.41, 5.74) is 5.35. The second-order valence-corrected chi connectivity index (χ2v) is 4.65. The second kappa shape index (κ2) is 6.83. The number of nitrogens with one attached hydrogen (secondary N) is 1. The van der Waals surface area contributed by atoms with Crippen LogP contribution in [0, 0.1) is 5.92 Å². The third-order valence-electron chi connectivity index (χ3n) is 3.37. The average Bonchev–Trinajstić information content (AvgIpc) is 2.45. The molecular formula is C12H24N2O. The first-order chi connectivity index (χ1) is 7.24. The molecular weight excluding hydrogens is 188 g/mol. The number of amides is 1. The molecule has 0 aliphatic heterocycles. The molecule has 0 aromatic rings. The Morgan fingerprint density at radius 1 is 1.33 bits per heavy atom. The van der Waals surface area contributed by atoms with Gasteiger partial charge < -0.3 is 11.1 Å². The largest absolute Gasteiger partial charge is 0.353 e. The summed E-state index contributed by atoms with van der Waals surface area (Å²) in [4.78, 5) is 11.4. The van der Waals surface area contributed by atoms with Gasteiger partial charge in [-0.2, -0.15) is 0 Å². The Morgan fingerprint density at radius 2 is 1.93 bits per heavy atom. The number of hydrogen-bond acceptors (Lipinski definition) is 2. The van der Waals surface area contributed by atoms with Gasteiger partial charge in [0.15, 0.2) is 0 Å². The average molecular weight is 212 g/mol. The first-order valence-electron chi connectivity index (χ1n) is 6.23. The molecule has 0 bridgehead atoms. The second-order valence-electron chi connectivity index (χ2n) is 4.65. The van der Waals surface area contributed by atoms with Crippen LogP contribution in [0.4, 0.5) is 0 Å². The summed E-state index contributed by atoms with van der Waals surface area (Å²) in [7, 11) is 0. The van der Waals surface area contributed by atoms with Crippen LogP contribution in [0.1, 0.15) is 51.9 Å². The van der Waals surface area contributed by atoms with Crippen LogP contribution in [-0.4, -0.2) is 18.5 Å². The summed E-state index contributed by atoms with van der Waals surface area (Å²) in [6.07, 6.45) is 8.36. The highest BCUT2D eigenvalue weighted by molar-refractivity contribution is 5.76. The first kappa shape index (κ1) is 12.5. The normalized spacial score (nSPS) is 20.7. The molecule has 0 aromatic carbocycles. The molecule has 1 aliphatic rings. The fourth-order valence-corrected chi connectivity index (χ4v) is 2.39. The summed E-state index contributed by atoms with van der Waals surface area (Å²) < 4.78 is 0. The predicted octanol–water partition coefficient (Wildman–Crippen LogP) is 1.81. The lowest BCUT2D eigenvalue weighted by Gasteiger charge is -2.23. The van der Waals surface area contributed by atoms with Gasteiger partial charge in [-0.3, -0.25) is 4.79 Å². The molecule has 0 unspecified atom stereocenters. The van der Waals surface area contributed by atoms with E-state index in [1.54, 1.807) is 0 Å². The highest BCUT2D eigenvalue weighted by atomic mass is 16.1. The van der Waals surface area contributed by atoms with Gasteiger partial charge in [-0.15, -0.1) is 0 Å². The third kappa shape index (κ3) is 4.65. The van der Waals surface area contributed by atoms with E-state index in [1.165, 1.54) is 38.5 Å². The lowest BCUT2D eigenvalue weighted by atomic mass is 9.93. The van der Waals surface area contributed by atoms with Crippen LogP contribution in [0.25, 0.3) is 0 Å². The van der Waals surface area contributed by atoms with Crippen LogP contribution in [-0.2, 0) is 4.79 Å². The van der Waals surface area contributed by atoms with E-state index in [2.05, 4.69) is 12.2 Å². The van der Waals surface area contributed by atoms with E-state index in [9.17, 15) is 4.79 Å². The molecule has 88 valence electrons. The topological polar surface area (TPSA) is 55.1 Å². The maximum absolute atomic E-state index is 11.4. The summed E-state index contributed by atoms with van der Waals surface area (Å²) in [6.45, 7) is 2.58. The molecule has 0 heterocycles. The van der Waals surface area contributed by atoms with Crippen molar-refractivity contribution < 1.29 is 4.79 Å². The van der Waals surface area contributed by atoms with Gasteiger partial charge in [-0.1, -0.05) is 25.7 Å². The fourth-order valence-electron chi connectivity index (χ4n) is 2.39. The van der Waals surface area contributed by atoms with Gasteiger partial charge >= 0.3 is 0 Å². The SMILES string of the molecule is C[C@@H](NC(=O)CCN)C1CCCCCC1. The fraction of sp³-hybridized carbons (Fsp3) is 0.917. The van der Waals surface area contributed by atoms with Crippen molar-refractivity contribution in [2.45, 2.75) is 57.9 Å². The molecule has 3 N–H and O–H groups in total. The molecule has 1 saturated carbocycles. The zero-order valence-electron chi connectivity index (χ0n) is 9.80. The standard InChI is InChI=1S/C12H24N2O/c1-10(14-12(15)8-9-13)11-6-4-2-3-5-7-11/h10-11H,2-9,13H2,1H3,(H,14,15)/t10-/m1/s1. The Kier molecular flexibility index (Phi) is 5.69. The molecule has 1 fully saturated rings. The van der Waals surface area contributed by atoms with E-state index in [0.717, 1.165) is 0 Å². The third-order valence-corrected chi connectivity index (χ3v) is 3.37. The van der Waals surface area contributed by atoms with Crippen molar-refractivity contribution in [2.75, 3.05) is 6.54 Å². The Balaban J connectivity index is 2.30. The minimum absolute atomic E-state index is 0.106. The van der Waals surface area contributed by atoms with Crippen LogP contribution >= 0.6 is 0 Å². The van der Waals surface area contributed by atoms with Gasteiger partial charge in [-0.25, -0.2) is 0 Å². The van der Waals surface area contributed by atoms with Crippen molar-refractivity contribution in [3.8, 4) is 0 Å². The van der Waals surface area contributed by atoms with E-state index in [1.807, 2.05) is 0 Å². The van der Waals surface area contributed by atoms with Crippen molar-refractivity contribution >= 4 is 5.91 Å². The molecule has 1 rings (SSSR count). The van der Waals surface area contributed by atoms with E-state index < -0.39 is 0 Å². The van der Waals surface area contributed by atoms with Gasteiger partial charge in [-0.05, 0) is 25.7 Å². The number of nitrogens with two attached hydrogens (primary N) is 1. The maximum Gasteiger partial charge on any atom is 0.221 e. The summed E-state index contributed by atoms with van der Waals surface area (Å²) in [5, 5.41) is 3.06. The van der Waals surface area contributed by atoms with E-state index >= 15 is 0 Å². The molecule has 1 aliphatic carbocycles. The Labute approximate surface area is 92.8 Å².